The molecule has 0 unspecified atom stereocenters. The van der Waals surface area contributed by atoms with Gasteiger partial charge in [0.15, 0.2) is 0 Å². The number of morpholine rings is 1. The Kier molecular flexibility index (Phi) is 7.02. The number of fused-ring (bicyclic) bond motifs is 1. The van der Waals surface area contributed by atoms with Crippen LogP contribution >= 0.6 is 0 Å². The topological polar surface area (TPSA) is 66.5 Å². The minimum Gasteiger partial charge on any atom is -0.379 e. The van der Waals surface area contributed by atoms with Crippen molar-refractivity contribution >= 4 is 28.2 Å². The Hall–Kier alpha value is -3.74. The molecule has 1 aliphatic heterocycles. The number of anilines is 2. The van der Waals surface area contributed by atoms with E-state index in [1.54, 1.807) is 0 Å². The van der Waals surface area contributed by atoms with E-state index in [1.165, 1.54) is 5.56 Å². The molecule has 1 aromatic heterocycles. The second-order valence-electron chi connectivity index (χ2n) is 8.77. The highest BCUT2D eigenvalue weighted by molar-refractivity contribution is 6.09. The van der Waals surface area contributed by atoms with Crippen molar-refractivity contribution in [2.75, 3.05) is 36.9 Å². The van der Waals surface area contributed by atoms with Gasteiger partial charge in [-0.2, -0.15) is 0 Å². The molecule has 3 aromatic carbocycles. The van der Waals surface area contributed by atoms with Gasteiger partial charge in [0.05, 0.1) is 24.6 Å². The molecule has 178 valence electrons. The van der Waals surface area contributed by atoms with Crippen LogP contribution in [0.3, 0.4) is 0 Å². The van der Waals surface area contributed by atoms with Crippen molar-refractivity contribution in [1.82, 2.24) is 9.88 Å². The molecule has 5 rings (SSSR count). The van der Waals surface area contributed by atoms with E-state index in [1.807, 2.05) is 54.7 Å². The number of nitrogens with one attached hydrogen (secondary N) is 2. The lowest BCUT2D eigenvalue weighted by atomic mass is 9.98. The monoisotopic (exact) mass is 466 g/mol. The lowest BCUT2D eigenvalue weighted by molar-refractivity contribution is 0.0336. The maximum Gasteiger partial charge on any atom is 0.323 e. The average molecular weight is 467 g/mol. The number of pyridine rings is 1. The number of benzene rings is 3. The first-order valence-corrected chi connectivity index (χ1v) is 12.1. The highest BCUT2D eigenvalue weighted by Crippen LogP contribution is 2.33. The van der Waals surface area contributed by atoms with Crippen LogP contribution in [0.5, 0.6) is 0 Å². The molecule has 2 heterocycles. The fourth-order valence-corrected chi connectivity index (χ4v) is 4.48. The van der Waals surface area contributed by atoms with Gasteiger partial charge in [-0.1, -0.05) is 55.5 Å². The summed E-state index contributed by atoms with van der Waals surface area (Å²) in [6.07, 6.45) is 2.87. The van der Waals surface area contributed by atoms with Crippen molar-refractivity contribution in [3.63, 3.8) is 0 Å². The van der Waals surface area contributed by atoms with E-state index < -0.39 is 0 Å². The van der Waals surface area contributed by atoms with Crippen LogP contribution in [0.2, 0.25) is 0 Å². The van der Waals surface area contributed by atoms with Crippen molar-refractivity contribution in [3.8, 4) is 11.1 Å². The van der Waals surface area contributed by atoms with Crippen LogP contribution in [0, 0.1) is 0 Å². The van der Waals surface area contributed by atoms with Gasteiger partial charge in [0.2, 0.25) is 0 Å². The molecule has 1 fully saturated rings. The zero-order valence-corrected chi connectivity index (χ0v) is 20.0. The predicted octanol–water partition coefficient (Wildman–Crippen LogP) is 5.94. The molecule has 1 aliphatic rings. The van der Waals surface area contributed by atoms with Crippen LogP contribution in [0.15, 0.2) is 79.0 Å². The summed E-state index contributed by atoms with van der Waals surface area (Å²) in [7, 11) is 0. The Bertz CT molecular complexity index is 1310. The van der Waals surface area contributed by atoms with Gasteiger partial charge in [0.1, 0.15) is 0 Å². The highest BCUT2D eigenvalue weighted by atomic mass is 16.5. The smallest absolute Gasteiger partial charge is 0.323 e. The number of aryl methyl sites for hydroxylation is 1. The Morgan fingerprint density at radius 1 is 0.943 bits per heavy atom. The molecule has 0 spiro atoms. The quantitative estimate of drug-likeness (QED) is 0.369. The van der Waals surface area contributed by atoms with Crippen molar-refractivity contribution in [2.24, 2.45) is 0 Å². The number of nitrogens with zero attached hydrogens (tertiary/aromatic N) is 2. The van der Waals surface area contributed by atoms with Gasteiger partial charge in [-0.15, -0.1) is 0 Å². The summed E-state index contributed by atoms with van der Waals surface area (Å²) >= 11 is 0. The fourth-order valence-electron chi connectivity index (χ4n) is 4.48. The lowest BCUT2D eigenvalue weighted by Gasteiger charge is -2.26. The molecule has 2 N–H and O–H groups in total. The third kappa shape index (κ3) is 5.50. The van der Waals surface area contributed by atoms with Crippen LogP contribution in [-0.4, -0.2) is 42.2 Å². The number of carbonyl (C=O) groups excluding carboxylic acids is 1. The molecular formula is C29H30N4O2. The molecule has 6 nitrogen and oxygen atoms in total. The average Bonchev–Trinajstić information content (AvgIpc) is 2.90. The highest BCUT2D eigenvalue weighted by Gasteiger charge is 2.13. The maximum atomic E-state index is 12.7. The predicted molar refractivity (Wildman–Crippen MR) is 142 cm³/mol. The van der Waals surface area contributed by atoms with Crippen LogP contribution in [-0.2, 0) is 17.7 Å². The maximum absolute atomic E-state index is 12.7. The summed E-state index contributed by atoms with van der Waals surface area (Å²) in [5.41, 5.74) is 5.94. The van der Waals surface area contributed by atoms with Crippen LogP contribution in [0.4, 0.5) is 16.2 Å². The largest absolute Gasteiger partial charge is 0.379 e. The Balaban J connectivity index is 1.35. The number of hydrogen-bond donors (Lipinski definition) is 2. The summed E-state index contributed by atoms with van der Waals surface area (Å²) < 4.78 is 5.44. The number of carbonyl (C=O) groups is 1. The van der Waals surface area contributed by atoms with Gasteiger partial charge in [0, 0.05) is 42.5 Å². The Morgan fingerprint density at radius 3 is 2.54 bits per heavy atom. The molecule has 4 aromatic rings. The molecule has 35 heavy (non-hydrogen) atoms. The van der Waals surface area contributed by atoms with Gasteiger partial charge in [-0.25, -0.2) is 4.79 Å². The number of ether oxygens (including phenoxy) is 1. The summed E-state index contributed by atoms with van der Waals surface area (Å²) in [4.78, 5) is 19.8. The van der Waals surface area contributed by atoms with Crippen molar-refractivity contribution in [2.45, 2.75) is 19.9 Å². The van der Waals surface area contributed by atoms with Gasteiger partial charge in [0.25, 0.3) is 0 Å². The van der Waals surface area contributed by atoms with E-state index in [4.69, 9.17) is 9.72 Å². The van der Waals surface area contributed by atoms with Crippen LogP contribution < -0.4 is 10.6 Å². The Morgan fingerprint density at radius 2 is 1.77 bits per heavy atom. The summed E-state index contributed by atoms with van der Waals surface area (Å²) in [5.74, 6) is 0. The number of rotatable bonds is 6. The molecule has 2 amide bonds. The third-order valence-electron chi connectivity index (χ3n) is 6.39. The number of hydrogen-bond acceptors (Lipinski definition) is 4. The molecule has 0 atom stereocenters. The molecular weight excluding hydrogens is 436 g/mol. The summed E-state index contributed by atoms with van der Waals surface area (Å²) in [5, 5.41) is 8.02. The van der Waals surface area contributed by atoms with E-state index in [0.29, 0.717) is 0 Å². The van der Waals surface area contributed by atoms with Gasteiger partial charge >= 0.3 is 6.03 Å². The number of aromatic nitrogens is 1. The first kappa shape index (κ1) is 23.0. The van der Waals surface area contributed by atoms with E-state index >= 15 is 0 Å². The normalized spacial score (nSPS) is 14.1. The zero-order chi connectivity index (χ0) is 24.0. The zero-order valence-electron chi connectivity index (χ0n) is 20.0. The van der Waals surface area contributed by atoms with Crippen LogP contribution in [0.25, 0.3) is 21.9 Å². The standard InChI is InChI=1S/C29H30N4O2/c1-2-21-6-5-7-23(18-21)31-29(34)32-28-13-12-25(26-8-3-4-9-27(26)28)22-10-11-24(30-19-22)20-33-14-16-35-17-15-33/h3-13,18-19H,2,14-17,20H2,1H3,(H2,31,32,34). The second-order valence-corrected chi connectivity index (χ2v) is 8.77. The molecule has 0 saturated carbocycles. The van der Waals surface area contributed by atoms with Crippen molar-refractivity contribution in [3.05, 3.63) is 90.3 Å². The molecule has 1 saturated heterocycles. The van der Waals surface area contributed by atoms with Gasteiger partial charge in [-0.05, 0) is 47.2 Å². The first-order valence-electron chi connectivity index (χ1n) is 12.1. The van der Waals surface area contributed by atoms with Crippen molar-refractivity contribution < 1.29 is 9.53 Å². The molecule has 6 heteroatoms. The molecule has 0 aliphatic carbocycles. The van der Waals surface area contributed by atoms with Crippen molar-refractivity contribution in [1.29, 1.82) is 0 Å². The van der Waals surface area contributed by atoms with E-state index in [-0.39, 0.29) is 6.03 Å². The van der Waals surface area contributed by atoms with E-state index in [9.17, 15) is 4.79 Å². The number of urea groups is 1. The molecule has 0 bridgehead atoms. The minimum absolute atomic E-state index is 0.259. The van der Waals surface area contributed by atoms with Crippen LogP contribution in [0.1, 0.15) is 18.2 Å². The Labute approximate surface area is 205 Å². The summed E-state index contributed by atoms with van der Waals surface area (Å²) in [6, 6.07) is 24.0. The number of amides is 2. The third-order valence-corrected chi connectivity index (χ3v) is 6.39. The second kappa shape index (κ2) is 10.7. The van der Waals surface area contributed by atoms with Gasteiger partial charge in [-0.3, -0.25) is 9.88 Å². The van der Waals surface area contributed by atoms with Gasteiger partial charge < -0.3 is 15.4 Å². The molecule has 0 radical (unpaired) electrons. The SMILES string of the molecule is CCc1cccc(NC(=O)Nc2ccc(-c3ccc(CN4CCOCC4)nc3)c3ccccc23)c1. The fraction of sp³-hybridized carbons (Fsp3) is 0.241. The van der Waals surface area contributed by atoms with E-state index in [2.05, 4.69) is 46.7 Å². The van der Waals surface area contributed by atoms with E-state index in [0.717, 1.165) is 78.2 Å². The lowest BCUT2D eigenvalue weighted by Crippen LogP contribution is -2.35. The first-order chi connectivity index (χ1) is 17.2. The summed E-state index contributed by atoms with van der Waals surface area (Å²) in [6.45, 7) is 6.39. The minimum atomic E-state index is -0.259.